The predicted octanol–water partition coefficient (Wildman–Crippen LogP) is 2.56. The maximum absolute atomic E-state index is 13.6. The van der Waals surface area contributed by atoms with Crippen molar-refractivity contribution in [2.75, 3.05) is 33.8 Å². The van der Waals surface area contributed by atoms with Gasteiger partial charge in [0.25, 0.3) is 0 Å². The van der Waals surface area contributed by atoms with Gasteiger partial charge in [0.2, 0.25) is 5.91 Å². The first-order valence-electron chi connectivity index (χ1n) is 9.56. The number of piperazine rings is 1. The fraction of sp³-hybridized carbons (Fsp3) is 0.619. The van der Waals surface area contributed by atoms with E-state index in [1.807, 2.05) is 29.0 Å². The molecule has 1 aliphatic heterocycles. The summed E-state index contributed by atoms with van der Waals surface area (Å²) in [4.78, 5) is 17.6. The zero-order valence-corrected chi connectivity index (χ0v) is 15.7. The van der Waals surface area contributed by atoms with E-state index in [0.717, 1.165) is 30.7 Å². The van der Waals surface area contributed by atoms with Gasteiger partial charge in [0, 0.05) is 19.6 Å². The molecule has 4 rings (SSSR count). The number of nitriles is 1. The summed E-state index contributed by atoms with van der Waals surface area (Å²) >= 11 is 0. The number of benzene rings is 1. The van der Waals surface area contributed by atoms with Crippen LogP contribution in [0.25, 0.3) is 0 Å². The van der Waals surface area contributed by atoms with E-state index in [1.54, 1.807) is 7.11 Å². The lowest BCUT2D eigenvalue weighted by Crippen LogP contribution is -2.64. The Morgan fingerprint density at radius 3 is 2.46 bits per heavy atom. The summed E-state index contributed by atoms with van der Waals surface area (Å²) in [5, 5.41) is 9.40. The van der Waals surface area contributed by atoms with Gasteiger partial charge >= 0.3 is 0 Å². The monoisotopic (exact) mass is 353 g/mol. The topological polar surface area (TPSA) is 56.6 Å². The summed E-state index contributed by atoms with van der Waals surface area (Å²) < 4.78 is 5.29. The summed E-state index contributed by atoms with van der Waals surface area (Å²) in [5.74, 6) is 1.03. The first-order chi connectivity index (χ1) is 12.5. The van der Waals surface area contributed by atoms with Crippen molar-refractivity contribution in [1.29, 1.82) is 5.26 Å². The van der Waals surface area contributed by atoms with E-state index in [4.69, 9.17) is 4.74 Å². The van der Waals surface area contributed by atoms with Crippen molar-refractivity contribution in [3.8, 4) is 11.8 Å². The van der Waals surface area contributed by atoms with E-state index in [0.29, 0.717) is 18.5 Å². The van der Waals surface area contributed by atoms with Gasteiger partial charge in [0.1, 0.15) is 11.8 Å². The molecule has 138 valence electrons. The van der Waals surface area contributed by atoms with Crippen molar-refractivity contribution in [3.63, 3.8) is 0 Å². The zero-order chi connectivity index (χ0) is 18.4. The van der Waals surface area contributed by atoms with E-state index in [2.05, 4.69) is 18.2 Å². The second-order valence-electron chi connectivity index (χ2n) is 8.39. The fourth-order valence-electron chi connectivity index (χ4n) is 5.15. The average molecular weight is 353 g/mol. The van der Waals surface area contributed by atoms with E-state index >= 15 is 0 Å². The normalized spacial score (nSPS) is 26.5. The molecule has 1 unspecified atom stereocenters. The molecule has 1 aromatic rings. The Morgan fingerprint density at radius 2 is 1.92 bits per heavy atom. The summed E-state index contributed by atoms with van der Waals surface area (Å²) in [6.45, 7) is 1.98. The number of hydrogen-bond acceptors (Lipinski definition) is 4. The van der Waals surface area contributed by atoms with Crippen LogP contribution in [0.5, 0.6) is 5.75 Å². The van der Waals surface area contributed by atoms with Gasteiger partial charge in [-0.3, -0.25) is 9.69 Å². The van der Waals surface area contributed by atoms with Crippen LogP contribution in [-0.2, 0) is 10.2 Å². The lowest BCUT2D eigenvalue weighted by molar-refractivity contribution is -0.155. The second kappa shape index (κ2) is 6.28. The molecule has 3 fully saturated rings. The number of carbonyl (C=O) groups is 1. The maximum atomic E-state index is 13.6. The van der Waals surface area contributed by atoms with Crippen molar-refractivity contribution in [1.82, 2.24) is 9.80 Å². The third-order valence-corrected chi connectivity index (χ3v) is 6.90. The fourth-order valence-corrected chi connectivity index (χ4v) is 5.15. The Morgan fingerprint density at radius 1 is 1.23 bits per heavy atom. The summed E-state index contributed by atoms with van der Waals surface area (Å²) in [7, 11) is 3.62. The molecule has 1 saturated heterocycles. The van der Waals surface area contributed by atoms with Crippen LogP contribution in [0.3, 0.4) is 0 Å². The number of hydrogen-bond donors (Lipinski definition) is 0. The number of amides is 1. The maximum Gasteiger partial charge on any atom is 0.233 e. The van der Waals surface area contributed by atoms with E-state index in [-0.39, 0.29) is 11.9 Å². The Bertz CT molecular complexity index is 725. The molecule has 0 bridgehead atoms. The van der Waals surface area contributed by atoms with Crippen LogP contribution in [0.2, 0.25) is 0 Å². The highest BCUT2D eigenvalue weighted by Crippen LogP contribution is 2.65. The third-order valence-electron chi connectivity index (χ3n) is 6.90. The van der Waals surface area contributed by atoms with Crippen LogP contribution in [0.4, 0.5) is 0 Å². The molecule has 1 spiro atoms. The Hall–Kier alpha value is -2.06. The van der Waals surface area contributed by atoms with Gasteiger partial charge in [-0.15, -0.1) is 0 Å². The van der Waals surface area contributed by atoms with Gasteiger partial charge in [-0.2, -0.15) is 5.26 Å². The highest BCUT2D eigenvalue weighted by Gasteiger charge is 2.62. The van der Waals surface area contributed by atoms with Crippen molar-refractivity contribution in [2.45, 2.75) is 43.6 Å². The van der Waals surface area contributed by atoms with Gasteiger partial charge in [-0.05, 0) is 55.8 Å². The highest BCUT2D eigenvalue weighted by molar-refractivity contribution is 5.90. The zero-order valence-electron chi connectivity index (χ0n) is 15.7. The minimum atomic E-state index is -0.414. The van der Waals surface area contributed by atoms with Crippen LogP contribution in [0.15, 0.2) is 24.3 Å². The van der Waals surface area contributed by atoms with E-state index in [1.165, 1.54) is 19.3 Å². The predicted molar refractivity (Wildman–Crippen MR) is 98.8 cm³/mol. The lowest BCUT2D eigenvalue weighted by atomic mass is 9.43. The Labute approximate surface area is 155 Å². The molecule has 5 heteroatoms. The molecule has 26 heavy (non-hydrogen) atoms. The van der Waals surface area contributed by atoms with Crippen molar-refractivity contribution >= 4 is 5.91 Å². The van der Waals surface area contributed by atoms with Crippen molar-refractivity contribution in [3.05, 3.63) is 29.8 Å². The molecule has 1 heterocycles. The summed E-state index contributed by atoms with van der Waals surface area (Å²) in [6.07, 6.45) is 5.70. The smallest absolute Gasteiger partial charge is 0.233 e. The summed E-state index contributed by atoms with van der Waals surface area (Å²) in [6, 6.07) is 10.1. The van der Waals surface area contributed by atoms with Crippen molar-refractivity contribution in [2.24, 2.45) is 5.41 Å². The van der Waals surface area contributed by atoms with Crippen LogP contribution < -0.4 is 4.74 Å². The lowest BCUT2D eigenvalue weighted by Gasteiger charge is -2.61. The first-order valence-corrected chi connectivity index (χ1v) is 9.56. The molecule has 2 saturated carbocycles. The minimum absolute atomic E-state index is 0.210. The molecule has 0 radical (unpaired) electrons. The molecule has 5 nitrogen and oxygen atoms in total. The van der Waals surface area contributed by atoms with E-state index < -0.39 is 5.41 Å². The SMILES string of the molecule is COc1ccc(C2(C(=O)N3CCN(C)C(C#N)C3)CC3(CCC3)C2)cc1. The molecule has 0 N–H and O–H groups in total. The van der Waals surface area contributed by atoms with Crippen LogP contribution >= 0.6 is 0 Å². The molecular formula is C21H27N3O2. The van der Waals surface area contributed by atoms with Gasteiger partial charge in [-0.1, -0.05) is 18.6 Å². The largest absolute Gasteiger partial charge is 0.497 e. The number of methoxy groups -OCH3 is 1. The molecular weight excluding hydrogens is 326 g/mol. The van der Waals surface area contributed by atoms with Gasteiger partial charge in [0.05, 0.1) is 18.6 Å². The molecule has 2 aliphatic carbocycles. The van der Waals surface area contributed by atoms with Gasteiger partial charge in [-0.25, -0.2) is 0 Å². The molecule has 3 aliphatic rings. The summed E-state index contributed by atoms with van der Waals surface area (Å²) in [5.41, 5.74) is 1.08. The molecule has 1 aromatic carbocycles. The third kappa shape index (κ3) is 2.59. The Balaban J connectivity index is 1.61. The standard InChI is InChI=1S/C21H27N3O2/c1-23-10-11-24(13-17(23)12-22)19(25)21(14-20(15-21)8-3-9-20)16-4-6-18(26-2)7-5-16/h4-7,17H,3,8-11,13-15H2,1-2H3. The number of rotatable bonds is 3. The number of ether oxygens (including phenoxy) is 1. The molecule has 1 atom stereocenters. The molecule has 1 amide bonds. The average Bonchev–Trinajstić information content (AvgIpc) is 2.60. The van der Waals surface area contributed by atoms with Crippen LogP contribution in [0, 0.1) is 16.7 Å². The van der Waals surface area contributed by atoms with Crippen molar-refractivity contribution < 1.29 is 9.53 Å². The second-order valence-corrected chi connectivity index (χ2v) is 8.39. The number of likely N-dealkylation sites (N-methyl/N-ethyl adjacent to an activating group) is 1. The van der Waals surface area contributed by atoms with E-state index in [9.17, 15) is 10.1 Å². The minimum Gasteiger partial charge on any atom is -0.497 e. The van der Waals surface area contributed by atoms with Gasteiger partial charge < -0.3 is 9.64 Å². The first kappa shape index (κ1) is 17.4. The van der Waals surface area contributed by atoms with Crippen LogP contribution in [-0.4, -0.2) is 55.5 Å². The van der Waals surface area contributed by atoms with Gasteiger partial charge in [0.15, 0.2) is 0 Å². The highest BCUT2D eigenvalue weighted by atomic mass is 16.5. The Kier molecular flexibility index (Phi) is 4.19. The van der Waals surface area contributed by atoms with Crippen LogP contribution in [0.1, 0.15) is 37.7 Å². The molecule has 0 aromatic heterocycles. The number of carbonyl (C=O) groups excluding carboxylic acids is 1. The number of nitrogens with zero attached hydrogens (tertiary/aromatic N) is 3. The quantitative estimate of drug-likeness (QED) is 0.838.